The number of primary amides is 1. The largest absolute Gasteiger partial charge is 0.496 e. The minimum atomic E-state index is -0.512. The monoisotopic (exact) mass is 244 g/mol. The zero-order chi connectivity index (χ0) is 13.1. The molecule has 1 amide bonds. The summed E-state index contributed by atoms with van der Waals surface area (Å²) in [5, 5.41) is 0. The van der Waals surface area contributed by atoms with Crippen molar-refractivity contribution in [2.75, 3.05) is 12.8 Å². The van der Waals surface area contributed by atoms with E-state index in [0.29, 0.717) is 17.0 Å². The van der Waals surface area contributed by atoms with Crippen LogP contribution in [0.15, 0.2) is 30.5 Å². The third-order valence-corrected chi connectivity index (χ3v) is 2.44. The van der Waals surface area contributed by atoms with Crippen molar-refractivity contribution in [2.24, 2.45) is 5.73 Å². The highest BCUT2D eigenvalue weighted by Crippen LogP contribution is 2.29. The van der Waals surface area contributed by atoms with Gasteiger partial charge in [0.15, 0.2) is 0 Å². The molecular formula is C12H12N4O2. The quantitative estimate of drug-likeness (QED) is 0.832. The highest BCUT2D eigenvalue weighted by atomic mass is 16.5. The van der Waals surface area contributed by atoms with Gasteiger partial charge in [-0.2, -0.15) is 0 Å². The van der Waals surface area contributed by atoms with E-state index in [-0.39, 0.29) is 5.95 Å². The van der Waals surface area contributed by atoms with Gasteiger partial charge in [-0.3, -0.25) is 4.79 Å². The number of hydrogen-bond donors (Lipinski definition) is 2. The topological polar surface area (TPSA) is 104 Å². The summed E-state index contributed by atoms with van der Waals surface area (Å²) in [7, 11) is 1.51. The fourth-order valence-electron chi connectivity index (χ4n) is 1.58. The maximum absolute atomic E-state index is 11.1. The molecule has 92 valence electrons. The molecule has 6 heteroatoms. The van der Waals surface area contributed by atoms with Gasteiger partial charge < -0.3 is 16.2 Å². The third-order valence-electron chi connectivity index (χ3n) is 2.44. The molecule has 0 atom stereocenters. The van der Waals surface area contributed by atoms with Crippen molar-refractivity contribution in [3.63, 3.8) is 0 Å². The Bertz CT molecular complexity index is 598. The number of methoxy groups -OCH3 is 1. The summed E-state index contributed by atoms with van der Waals surface area (Å²) in [6.07, 6.45) is 1.55. The van der Waals surface area contributed by atoms with Crippen molar-refractivity contribution in [3.8, 4) is 17.0 Å². The van der Waals surface area contributed by atoms with Crippen LogP contribution in [0.1, 0.15) is 10.4 Å². The summed E-state index contributed by atoms with van der Waals surface area (Å²) in [5.74, 6) is 0.167. The number of carbonyl (C=O) groups is 1. The second kappa shape index (κ2) is 4.70. The van der Waals surface area contributed by atoms with Gasteiger partial charge in [-0.25, -0.2) is 9.97 Å². The lowest BCUT2D eigenvalue weighted by atomic mass is 10.1. The van der Waals surface area contributed by atoms with Gasteiger partial charge in [0.1, 0.15) is 5.75 Å². The summed E-state index contributed by atoms with van der Waals surface area (Å²) in [6, 6.07) is 6.59. The molecule has 0 aliphatic rings. The predicted octanol–water partition coefficient (Wildman–Crippen LogP) is 0.833. The molecule has 0 spiro atoms. The summed E-state index contributed by atoms with van der Waals surface area (Å²) in [5.41, 5.74) is 12.5. The van der Waals surface area contributed by atoms with E-state index in [1.165, 1.54) is 7.11 Å². The van der Waals surface area contributed by atoms with Gasteiger partial charge in [0.2, 0.25) is 11.9 Å². The zero-order valence-corrected chi connectivity index (χ0v) is 9.75. The SMILES string of the molecule is COc1cc(C(N)=O)ccc1-c1ccnc(N)n1. The van der Waals surface area contributed by atoms with Crippen molar-refractivity contribution in [1.29, 1.82) is 0 Å². The molecule has 2 aromatic rings. The van der Waals surface area contributed by atoms with Crippen molar-refractivity contribution in [1.82, 2.24) is 9.97 Å². The molecular weight excluding hydrogens is 232 g/mol. The van der Waals surface area contributed by atoms with Gasteiger partial charge in [0.05, 0.1) is 12.8 Å². The second-order valence-electron chi connectivity index (χ2n) is 3.58. The second-order valence-corrected chi connectivity index (χ2v) is 3.58. The lowest BCUT2D eigenvalue weighted by Crippen LogP contribution is -2.11. The molecule has 0 aliphatic carbocycles. The summed E-state index contributed by atoms with van der Waals surface area (Å²) >= 11 is 0. The Morgan fingerprint density at radius 3 is 2.72 bits per heavy atom. The van der Waals surface area contributed by atoms with E-state index in [9.17, 15) is 4.79 Å². The molecule has 6 nitrogen and oxygen atoms in total. The third kappa shape index (κ3) is 2.22. The van der Waals surface area contributed by atoms with Crippen LogP contribution in [0, 0.1) is 0 Å². The Morgan fingerprint density at radius 2 is 2.11 bits per heavy atom. The van der Waals surface area contributed by atoms with Crippen molar-refractivity contribution in [2.45, 2.75) is 0 Å². The normalized spacial score (nSPS) is 10.1. The lowest BCUT2D eigenvalue weighted by Gasteiger charge is -2.09. The molecule has 0 fully saturated rings. The van der Waals surface area contributed by atoms with Gasteiger partial charge in [-0.1, -0.05) is 0 Å². The van der Waals surface area contributed by atoms with E-state index in [4.69, 9.17) is 16.2 Å². The first-order chi connectivity index (χ1) is 8.61. The van der Waals surface area contributed by atoms with E-state index in [1.807, 2.05) is 0 Å². The fourth-order valence-corrected chi connectivity index (χ4v) is 1.58. The standard InChI is InChI=1S/C12H12N4O2/c1-18-10-6-7(11(13)17)2-3-8(10)9-4-5-15-12(14)16-9/h2-6H,1H3,(H2,13,17)(H2,14,15,16). The molecule has 4 N–H and O–H groups in total. The van der Waals surface area contributed by atoms with Crippen LogP contribution in [0.2, 0.25) is 0 Å². The molecule has 0 aliphatic heterocycles. The van der Waals surface area contributed by atoms with Crippen LogP contribution < -0.4 is 16.2 Å². The Labute approximate surface area is 104 Å². The van der Waals surface area contributed by atoms with Crippen LogP contribution in [-0.2, 0) is 0 Å². The van der Waals surface area contributed by atoms with Crippen LogP contribution in [0.4, 0.5) is 5.95 Å². The Hall–Kier alpha value is -2.63. The minimum Gasteiger partial charge on any atom is -0.496 e. The van der Waals surface area contributed by atoms with E-state index >= 15 is 0 Å². The van der Waals surface area contributed by atoms with Crippen LogP contribution in [-0.4, -0.2) is 23.0 Å². The predicted molar refractivity (Wildman–Crippen MR) is 67.0 cm³/mol. The van der Waals surface area contributed by atoms with E-state index in [2.05, 4.69) is 9.97 Å². The van der Waals surface area contributed by atoms with E-state index in [0.717, 1.165) is 5.56 Å². The van der Waals surface area contributed by atoms with Crippen LogP contribution in [0.25, 0.3) is 11.3 Å². The number of carbonyl (C=O) groups excluding carboxylic acids is 1. The lowest BCUT2D eigenvalue weighted by molar-refractivity contribution is 0.1000. The maximum atomic E-state index is 11.1. The van der Waals surface area contributed by atoms with E-state index < -0.39 is 5.91 Å². The van der Waals surface area contributed by atoms with Crippen molar-refractivity contribution >= 4 is 11.9 Å². The van der Waals surface area contributed by atoms with Gasteiger partial charge in [-0.05, 0) is 24.3 Å². The number of ether oxygens (including phenoxy) is 1. The average molecular weight is 244 g/mol. The highest BCUT2D eigenvalue weighted by molar-refractivity contribution is 5.94. The molecule has 1 heterocycles. The number of nitrogens with two attached hydrogens (primary N) is 2. The molecule has 1 aromatic heterocycles. The smallest absolute Gasteiger partial charge is 0.248 e. The average Bonchev–Trinajstić information content (AvgIpc) is 2.37. The fraction of sp³-hybridized carbons (Fsp3) is 0.0833. The van der Waals surface area contributed by atoms with Crippen molar-refractivity contribution < 1.29 is 9.53 Å². The molecule has 0 bridgehead atoms. The van der Waals surface area contributed by atoms with Gasteiger partial charge >= 0.3 is 0 Å². The van der Waals surface area contributed by atoms with Crippen LogP contribution in [0.3, 0.4) is 0 Å². The molecule has 2 rings (SSSR count). The number of amides is 1. The molecule has 0 saturated carbocycles. The van der Waals surface area contributed by atoms with Crippen LogP contribution >= 0.6 is 0 Å². The zero-order valence-electron chi connectivity index (χ0n) is 9.75. The van der Waals surface area contributed by atoms with Gasteiger partial charge in [0.25, 0.3) is 0 Å². The molecule has 18 heavy (non-hydrogen) atoms. The number of hydrogen-bond acceptors (Lipinski definition) is 5. The first-order valence-corrected chi connectivity index (χ1v) is 5.18. The minimum absolute atomic E-state index is 0.175. The summed E-state index contributed by atoms with van der Waals surface area (Å²) in [6.45, 7) is 0. The first-order valence-electron chi connectivity index (χ1n) is 5.18. The first kappa shape index (κ1) is 11.8. The molecule has 0 unspecified atom stereocenters. The number of aromatic nitrogens is 2. The van der Waals surface area contributed by atoms with Gasteiger partial charge in [-0.15, -0.1) is 0 Å². The Kier molecular flexibility index (Phi) is 3.09. The molecule has 0 saturated heterocycles. The summed E-state index contributed by atoms with van der Waals surface area (Å²) in [4.78, 5) is 19.0. The van der Waals surface area contributed by atoms with E-state index in [1.54, 1.807) is 30.5 Å². The number of nitrogens with zero attached hydrogens (tertiary/aromatic N) is 2. The summed E-state index contributed by atoms with van der Waals surface area (Å²) < 4.78 is 5.22. The Morgan fingerprint density at radius 1 is 1.33 bits per heavy atom. The molecule has 0 radical (unpaired) electrons. The van der Waals surface area contributed by atoms with Gasteiger partial charge in [0, 0.05) is 17.3 Å². The number of anilines is 1. The van der Waals surface area contributed by atoms with Crippen molar-refractivity contribution in [3.05, 3.63) is 36.0 Å². The highest BCUT2D eigenvalue weighted by Gasteiger charge is 2.10. The number of rotatable bonds is 3. The number of nitrogen functional groups attached to an aromatic ring is 1. The number of benzene rings is 1. The van der Waals surface area contributed by atoms with Crippen LogP contribution in [0.5, 0.6) is 5.75 Å². The maximum Gasteiger partial charge on any atom is 0.248 e. The molecule has 1 aromatic carbocycles. The Balaban J connectivity index is 2.54.